The minimum atomic E-state index is -0.423. The number of rotatable bonds is 5. The van der Waals surface area contributed by atoms with E-state index in [1.54, 1.807) is 24.7 Å². The van der Waals surface area contributed by atoms with Crippen molar-refractivity contribution in [3.8, 4) is 0 Å². The molecule has 1 amide bonds. The maximum atomic E-state index is 12.7. The van der Waals surface area contributed by atoms with Crippen molar-refractivity contribution in [2.75, 3.05) is 6.54 Å². The Morgan fingerprint density at radius 1 is 1.40 bits per heavy atom. The highest BCUT2D eigenvalue weighted by atomic mass is 16.6. The molecule has 0 radical (unpaired) electrons. The number of pyridine rings is 1. The van der Waals surface area contributed by atoms with Crippen molar-refractivity contribution in [3.05, 3.63) is 51.6 Å². The number of carbonyl (C=O) groups excluding carboxylic acids is 1. The van der Waals surface area contributed by atoms with Gasteiger partial charge in [-0.3, -0.25) is 24.6 Å². The Bertz CT molecular complexity index is 787. The van der Waals surface area contributed by atoms with Crippen LogP contribution in [0.2, 0.25) is 0 Å². The minimum Gasteiger partial charge on any atom is -0.334 e. The van der Waals surface area contributed by atoms with Crippen LogP contribution in [0.4, 0.5) is 5.69 Å². The second kappa shape index (κ2) is 7.00. The molecular weight excluding hydrogens is 322 g/mol. The molecule has 0 bridgehead atoms. The van der Waals surface area contributed by atoms with Gasteiger partial charge >= 0.3 is 5.69 Å². The van der Waals surface area contributed by atoms with Crippen LogP contribution in [0.3, 0.4) is 0 Å². The Hall–Kier alpha value is -2.77. The maximum absolute atomic E-state index is 12.7. The Morgan fingerprint density at radius 3 is 2.84 bits per heavy atom. The molecule has 3 heterocycles. The molecule has 0 N–H and O–H groups in total. The summed E-state index contributed by atoms with van der Waals surface area (Å²) in [5, 5.41) is 15.3. The average molecular weight is 343 g/mol. The van der Waals surface area contributed by atoms with Crippen LogP contribution in [0.1, 0.15) is 42.4 Å². The van der Waals surface area contributed by atoms with Gasteiger partial charge in [0.2, 0.25) is 5.91 Å². The fourth-order valence-electron chi connectivity index (χ4n) is 3.46. The lowest BCUT2D eigenvalue weighted by atomic mass is 10.1. The largest absolute Gasteiger partial charge is 0.334 e. The third kappa shape index (κ3) is 3.38. The summed E-state index contributed by atoms with van der Waals surface area (Å²) in [5.74, 6) is 0.0309. The quantitative estimate of drug-likeness (QED) is 0.614. The molecule has 1 aliphatic rings. The van der Waals surface area contributed by atoms with E-state index in [9.17, 15) is 14.9 Å². The lowest BCUT2D eigenvalue weighted by Gasteiger charge is -2.24. The zero-order valence-electron chi connectivity index (χ0n) is 14.4. The van der Waals surface area contributed by atoms with E-state index in [1.165, 1.54) is 0 Å². The molecule has 132 valence electrons. The number of amides is 1. The molecule has 0 unspecified atom stereocenters. The predicted octanol–water partition coefficient (Wildman–Crippen LogP) is 2.56. The zero-order chi connectivity index (χ0) is 18.0. The second-order valence-corrected chi connectivity index (χ2v) is 6.25. The van der Waals surface area contributed by atoms with Crippen molar-refractivity contribution < 1.29 is 9.72 Å². The standard InChI is InChI=1S/C17H21N5O3/c1-12-17(22(24)25)13(2)21(19-12)11-8-16(23)20-10-5-7-15(20)14-6-3-4-9-18-14/h3-4,6,9,15H,5,7-8,10-11H2,1-2H3/t15-/m1/s1. The smallest absolute Gasteiger partial charge is 0.312 e. The summed E-state index contributed by atoms with van der Waals surface area (Å²) in [7, 11) is 0. The normalized spacial score (nSPS) is 17.0. The average Bonchev–Trinajstić information content (AvgIpc) is 3.18. The fraction of sp³-hybridized carbons (Fsp3) is 0.471. The van der Waals surface area contributed by atoms with E-state index in [1.807, 2.05) is 23.1 Å². The third-order valence-corrected chi connectivity index (χ3v) is 4.67. The first kappa shape index (κ1) is 17.1. The van der Waals surface area contributed by atoms with Crippen LogP contribution in [0.25, 0.3) is 0 Å². The van der Waals surface area contributed by atoms with E-state index in [0.717, 1.165) is 25.1 Å². The second-order valence-electron chi connectivity index (χ2n) is 6.25. The van der Waals surface area contributed by atoms with Crippen LogP contribution in [-0.4, -0.2) is 37.0 Å². The molecule has 1 saturated heterocycles. The number of likely N-dealkylation sites (tertiary alicyclic amines) is 1. The van der Waals surface area contributed by atoms with E-state index >= 15 is 0 Å². The van der Waals surface area contributed by atoms with Crippen molar-refractivity contribution in [2.24, 2.45) is 0 Å². The van der Waals surface area contributed by atoms with Crippen molar-refractivity contribution in [1.82, 2.24) is 19.7 Å². The van der Waals surface area contributed by atoms with Crippen molar-refractivity contribution in [2.45, 2.75) is 45.7 Å². The highest BCUT2D eigenvalue weighted by molar-refractivity contribution is 5.77. The van der Waals surface area contributed by atoms with E-state index in [-0.39, 0.29) is 24.1 Å². The molecule has 1 atom stereocenters. The molecule has 2 aromatic heterocycles. The molecule has 1 fully saturated rings. The first-order valence-electron chi connectivity index (χ1n) is 8.38. The Kier molecular flexibility index (Phi) is 4.78. The zero-order valence-corrected chi connectivity index (χ0v) is 14.4. The van der Waals surface area contributed by atoms with E-state index in [0.29, 0.717) is 17.9 Å². The van der Waals surface area contributed by atoms with Crippen LogP contribution in [-0.2, 0) is 11.3 Å². The monoisotopic (exact) mass is 343 g/mol. The molecule has 1 aliphatic heterocycles. The summed E-state index contributed by atoms with van der Waals surface area (Å²) < 4.78 is 1.55. The molecule has 8 nitrogen and oxygen atoms in total. The van der Waals surface area contributed by atoms with Gasteiger partial charge in [0.05, 0.1) is 23.2 Å². The topological polar surface area (TPSA) is 94.2 Å². The fourth-order valence-corrected chi connectivity index (χ4v) is 3.46. The molecule has 0 spiro atoms. The molecule has 3 rings (SSSR count). The molecule has 0 aromatic carbocycles. The van der Waals surface area contributed by atoms with Crippen LogP contribution in [0.5, 0.6) is 0 Å². The van der Waals surface area contributed by atoms with Crippen LogP contribution < -0.4 is 0 Å². The van der Waals surface area contributed by atoms with Crippen LogP contribution in [0, 0.1) is 24.0 Å². The summed E-state index contributed by atoms with van der Waals surface area (Å²) in [6.07, 6.45) is 3.88. The Balaban J connectivity index is 1.69. The SMILES string of the molecule is Cc1nn(CCC(=O)N2CCC[C@@H]2c2ccccn2)c(C)c1[N+](=O)[O-]. The summed E-state index contributed by atoms with van der Waals surface area (Å²) >= 11 is 0. The number of nitrogens with zero attached hydrogens (tertiary/aromatic N) is 5. The van der Waals surface area contributed by atoms with Gasteiger partial charge in [0.25, 0.3) is 0 Å². The predicted molar refractivity (Wildman–Crippen MR) is 90.9 cm³/mol. The van der Waals surface area contributed by atoms with Crippen molar-refractivity contribution >= 4 is 11.6 Å². The minimum absolute atomic E-state index is 0.0171. The summed E-state index contributed by atoms with van der Waals surface area (Å²) in [4.78, 5) is 29.5. The molecule has 2 aromatic rings. The molecule has 25 heavy (non-hydrogen) atoms. The lowest BCUT2D eigenvalue weighted by Crippen LogP contribution is -2.31. The number of nitro groups is 1. The van der Waals surface area contributed by atoms with E-state index < -0.39 is 4.92 Å². The molecule has 0 saturated carbocycles. The molecular formula is C17H21N5O3. The Morgan fingerprint density at radius 2 is 2.20 bits per heavy atom. The van der Waals surface area contributed by atoms with Gasteiger partial charge < -0.3 is 4.90 Å². The van der Waals surface area contributed by atoms with Gasteiger partial charge in [-0.15, -0.1) is 0 Å². The third-order valence-electron chi connectivity index (χ3n) is 4.67. The molecule has 0 aliphatic carbocycles. The van der Waals surface area contributed by atoms with Gasteiger partial charge in [-0.05, 0) is 38.8 Å². The number of hydrogen-bond acceptors (Lipinski definition) is 5. The summed E-state index contributed by atoms with van der Waals surface area (Å²) in [5.41, 5.74) is 1.80. The lowest BCUT2D eigenvalue weighted by molar-refractivity contribution is -0.386. The van der Waals surface area contributed by atoms with Crippen molar-refractivity contribution in [1.29, 1.82) is 0 Å². The first-order valence-corrected chi connectivity index (χ1v) is 8.38. The number of hydrogen-bond donors (Lipinski definition) is 0. The van der Waals surface area contributed by atoms with Crippen LogP contribution >= 0.6 is 0 Å². The summed E-state index contributed by atoms with van der Waals surface area (Å²) in [6, 6.07) is 5.75. The number of carbonyl (C=O) groups is 1. The number of aryl methyl sites for hydroxylation is 2. The van der Waals surface area contributed by atoms with E-state index in [2.05, 4.69) is 10.1 Å². The number of aromatic nitrogens is 3. The van der Waals surface area contributed by atoms with Crippen molar-refractivity contribution in [3.63, 3.8) is 0 Å². The van der Waals surface area contributed by atoms with Gasteiger partial charge in [-0.1, -0.05) is 6.07 Å². The van der Waals surface area contributed by atoms with E-state index in [4.69, 9.17) is 0 Å². The maximum Gasteiger partial charge on any atom is 0.312 e. The van der Waals surface area contributed by atoms with Crippen LogP contribution in [0.15, 0.2) is 24.4 Å². The first-order chi connectivity index (χ1) is 12.0. The van der Waals surface area contributed by atoms with Gasteiger partial charge in [0.15, 0.2) is 0 Å². The van der Waals surface area contributed by atoms with Gasteiger partial charge in [-0.25, -0.2) is 0 Å². The van der Waals surface area contributed by atoms with Gasteiger partial charge in [-0.2, -0.15) is 5.10 Å². The summed E-state index contributed by atoms with van der Waals surface area (Å²) in [6.45, 7) is 4.33. The van der Waals surface area contributed by atoms with Gasteiger partial charge in [0, 0.05) is 19.2 Å². The molecule has 8 heteroatoms. The highest BCUT2D eigenvalue weighted by Crippen LogP contribution is 2.31. The highest BCUT2D eigenvalue weighted by Gasteiger charge is 2.31. The van der Waals surface area contributed by atoms with Gasteiger partial charge in [0.1, 0.15) is 11.4 Å². The Labute approximate surface area is 145 Å².